The van der Waals surface area contributed by atoms with Crippen molar-refractivity contribution >= 4 is 18.0 Å². The number of nitrogens with zero attached hydrogens (tertiary/aromatic N) is 5. The molecule has 0 unspecified atom stereocenters. The van der Waals surface area contributed by atoms with Gasteiger partial charge in [-0.15, -0.1) is 0 Å². The molecule has 0 spiro atoms. The van der Waals surface area contributed by atoms with E-state index in [9.17, 15) is 4.79 Å². The number of rotatable bonds is 6. The topological polar surface area (TPSA) is 101 Å². The van der Waals surface area contributed by atoms with E-state index in [4.69, 9.17) is 5.73 Å². The summed E-state index contributed by atoms with van der Waals surface area (Å²) in [5.41, 5.74) is 11.3. The van der Waals surface area contributed by atoms with Crippen molar-refractivity contribution in [2.24, 2.45) is 17.8 Å². The van der Waals surface area contributed by atoms with Crippen LogP contribution in [0.3, 0.4) is 0 Å². The van der Waals surface area contributed by atoms with Crippen LogP contribution < -0.4 is 21.4 Å². The predicted molar refractivity (Wildman–Crippen MR) is 130 cm³/mol. The second-order valence-corrected chi connectivity index (χ2v) is 7.19. The van der Waals surface area contributed by atoms with E-state index in [1.54, 1.807) is 12.3 Å². The number of carbonyl (C=O) groups excluding carboxylic acids is 1. The van der Waals surface area contributed by atoms with Crippen LogP contribution in [0.2, 0.25) is 0 Å². The van der Waals surface area contributed by atoms with Crippen molar-refractivity contribution in [1.29, 1.82) is 0 Å². The van der Waals surface area contributed by atoms with E-state index in [0.29, 0.717) is 28.9 Å². The van der Waals surface area contributed by atoms with E-state index < -0.39 is 0 Å². The standard InChI is InChI=1S/C22H29N7O.C2H6/c1-4-19-21(25-14-16(2)26-19)13-18(23)20(7-12-30)27-22-6-5-17(15-28(22)3)29-10-8-24-9-11-29;1-2/h5-7,12-15,24H,4,8-11,23H2,1-3H3;1-2H3/b18-13-,20-7-,27-22?;. The summed E-state index contributed by atoms with van der Waals surface area (Å²) in [7, 11) is 1.93. The van der Waals surface area contributed by atoms with Gasteiger partial charge in [-0.2, -0.15) is 0 Å². The SMILES string of the molecule is CC.CCc1nc(C)cnc1/C=C(N)/C(=C/C=O)N=c1ccc(N2CCNCC2)cn1C. The number of nitrogens with two attached hydrogens (primary N) is 1. The second-order valence-electron chi connectivity index (χ2n) is 7.19. The van der Waals surface area contributed by atoms with E-state index in [0.717, 1.165) is 49.7 Å². The summed E-state index contributed by atoms with van der Waals surface area (Å²) in [5, 5.41) is 3.36. The summed E-state index contributed by atoms with van der Waals surface area (Å²) in [6.07, 6.45) is 8.26. The molecule has 3 N–H and O–H groups in total. The Morgan fingerprint density at radius 3 is 2.62 bits per heavy atom. The van der Waals surface area contributed by atoms with Crippen molar-refractivity contribution in [3.8, 4) is 0 Å². The van der Waals surface area contributed by atoms with Gasteiger partial charge >= 0.3 is 0 Å². The molecule has 0 aromatic carbocycles. The molecule has 2 aromatic rings. The highest BCUT2D eigenvalue weighted by molar-refractivity contribution is 5.69. The zero-order valence-corrected chi connectivity index (χ0v) is 19.8. The number of hydrogen-bond acceptors (Lipinski definition) is 7. The Bertz CT molecular complexity index is 1030. The summed E-state index contributed by atoms with van der Waals surface area (Å²) >= 11 is 0. The molecule has 0 aliphatic carbocycles. The van der Waals surface area contributed by atoms with Crippen LogP contribution >= 0.6 is 0 Å². The molecule has 0 saturated carbocycles. The molecule has 0 amide bonds. The number of hydrogen-bond donors (Lipinski definition) is 2. The van der Waals surface area contributed by atoms with Crippen molar-refractivity contribution in [3.63, 3.8) is 0 Å². The fraction of sp³-hybridized carbons (Fsp3) is 0.417. The average molecular weight is 438 g/mol. The first-order chi connectivity index (χ1) is 15.5. The third kappa shape index (κ3) is 6.62. The number of carbonyl (C=O) groups is 1. The number of allylic oxidation sites excluding steroid dienone is 1. The summed E-state index contributed by atoms with van der Waals surface area (Å²) in [5.74, 6) is 0. The molecule has 1 fully saturated rings. The fourth-order valence-electron chi connectivity index (χ4n) is 3.34. The molecule has 2 aromatic heterocycles. The van der Waals surface area contributed by atoms with Crippen molar-refractivity contribution < 1.29 is 4.79 Å². The van der Waals surface area contributed by atoms with E-state index in [1.165, 1.54) is 6.08 Å². The Kier molecular flexibility index (Phi) is 9.81. The lowest BCUT2D eigenvalue weighted by molar-refractivity contribution is -0.104. The molecule has 8 nitrogen and oxygen atoms in total. The smallest absolute Gasteiger partial charge is 0.145 e. The van der Waals surface area contributed by atoms with Gasteiger partial charge in [0.05, 0.1) is 34.2 Å². The van der Waals surface area contributed by atoms with Crippen LogP contribution in [0.25, 0.3) is 6.08 Å². The highest BCUT2D eigenvalue weighted by atomic mass is 16.1. The molecule has 3 rings (SSSR count). The molecular formula is C24H35N7O. The minimum absolute atomic E-state index is 0.362. The molecule has 0 radical (unpaired) electrons. The molecule has 1 aliphatic rings. The van der Waals surface area contributed by atoms with Gasteiger partial charge in [0, 0.05) is 51.7 Å². The van der Waals surface area contributed by atoms with Crippen LogP contribution in [-0.2, 0) is 18.3 Å². The molecule has 3 heterocycles. The number of pyridine rings is 1. The van der Waals surface area contributed by atoms with Gasteiger partial charge in [-0.1, -0.05) is 20.8 Å². The van der Waals surface area contributed by atoms with E-state index in [-0.39, 0.29) is 0 Å². The average Bonchev–Trinajstić information content (AvgIpc) is 2.82. The molecule has 1 saturated heterocycles. The van der Waals surface area contributed by atoms with Crippen molar-refractivity contribution in [1.82, 2.24) is 19.9 Å². The summed E-state index contributed by atoms with van der Waals surface area (Å²) in [6, 6.07) is 3.98. The van der Waals surface area contributed by atoms with Gasteiger partial charge < -0.3 is 20.5 Å². The first-order valence-electron chi connectivity index (χ1n) is 11.1. The van der Waals surface area contributed by atoms with Crippen LogP contribution in [0, 0.1) is 6.92 Å². The highest BCUT2D eigenvalue weighted by Crippen LogP contribution is 2.14. The number of aldehydes is 1. The first-order valence-corrected chi connectivity index (χ1v) is 11.1. The van der Waals surface area contributed by atoms with E-state index in [2.05, 4.69) is 25.2 Å². The third-order valence-corrected chi connectivity index (χ3v) is 4.95. The molecule has 1 aliphatic heterocycles. The van der Waals surface area contributed by atoms with Crippen LogP contribution in [0.4, 0.5) is 5.69 Å². The van der Waals surface area contributed by atoms with Crippen molar-refractivity contribution in [2.75, 3.05) is 31.1 Å². The quantitative estimate of drug-likeness (QED) is 0.408. The number of anilines is 1. The summed E-state index contributed by atoms with van der Waals surface area (Å²) in [4.78, 5) is 27.1. The lowest BCUT2D eigenvalue weighted by atomic mass is 10.2. The number of nitrogens with one attached hydrogen (secondary N) is 1. The van der Waals surface area contributed by atoms with E-state index in [1.807, 2.05) is 57.6 Å². The molecule has 8 heteroatoms. The van der Waals surface area contributed by atoms with Crippen LogP contribution in [0.5, 0.6) is 0 Å². The normalized spacial score (nSPS) is 15.3. The van der Waals surface area contributed by atoms with Gasteiger partial charge in [0.15, 0.2) is 0 Å². The highest BCUT2D eigenvalue weighted by Gasteiger charge is 2.11. The Morgan fingerprint density at radius 2 is 2.00 bits per heavy atom. The fourth-order valence-corrected chi connectivity index (χ4v) is 3.34. The molecule has 32 heavy (non-hydrogen) atoms. The number of aryl methyl sites for hydroxylation is 3. The van der Waals surface area contributed by atoms with Crippen molar-refractivity contribution in [3.05, 3.63) is 64.6 Å². The zero-order valence-electron chi connectivity index (χ0n) is 19.8. The minimum atomic E-state index is 0.362. The van der Waals surface area contributed by atoms with Gasteiger partial charge in [0.25, 0.3) is 0 Å². The first kappa shape index (κ1) is 25.0. The molecular weight excluding hydrogens is 402 g/mol. The van der Waals surface area contributed by atoms with Gasteiger partial charge in [0.1, 0.15) is 11.8 Å². The Balaban J connectivity index is 0.00000176. The predicted octanol–water partition coefficient (Wildman–Crippen LogP) is 2.11. The summed E-state index contributed by atoms with van der Waals surface area (Å²) in [6.45, 7) is 11.8. The third-order valence-electron chi connectivity index (χ3n) is 4.95. The van der Waals surface area contributed by atoms with E-state index >= 15 is 0 Å². The minimum Gasteiger partial charge on any atom is -0.397 e. The van der Waals surface area contributed by atoms with Gasteiger partial charge in [-0.25, -0.2) is 4.99 Å². The van der Waals surface area contributed by atoms with Crippen LogP contribution in [-0.4, -0.2) is 47.0 Å². The summed E-state index contributed by atoms with van der Waals surface area (Å²) < 4.78 is 1.94. The molecule has 0 bridgehead atoms. The maximum Gasteiger partial charge on any atom is 0.145 e. The van der Waals surface area contributed by atoms with Crippen molar-refractivity contribution in [2.45, 2.75) is 34.1 Å². The number of aromatic nitrogens is 3. The van der Waals surface area contributed by atoms with Gasteiger partial charge in [0.2, 0.25) is 0 Å². The number of piperazine rings is 1. The lowest BCUT2D eigenvalue weighted by Crippen LogP contribution is -2.43. The maximum absolute atomic E-state index is 11.2. The zero-order chi connectivity index (χ0) is 23.5. The molecule has 0 atom stereocenters. The Hall–Kier alpha value is -3.26. The van der Waals surface area contributed by atoms with Crippen LogP contribution in [0.15, 0.2) is 47.0 Å². The lowest BCUT2D eigenvalue weighted by Gasteiger charge is -2.29. The largest absolute Gasteiger partial charge is 0.397 e. The maximum atomic E-state index is 11.2. The second kappa shape index (κ2) is 12.6. The van der Waals surface area contributed by atoms with Gasteiger partial charge in [-0.3, -0.25) is 14.8 Å². The Morgan fingerprint density at radius 1 is 1.28 bits per heavy atom. The van der Waals surface area contributed by atoms with Gasteiger partial charge in [-0.05, 0) is 31.6 Å². The monoisotopic (exact) mass is 437 g/mol. The Labute approximate surface area is 190 Å². The van der Waals surface area contributed by atoms with Crippen LogP contribution in [0.1, 0.15) is 37.9 Å². The molecule has 172 valence electrons.